The van der Waals surface area contributed by atoms with Gasteiger partial charge in [-0.15, -0.1) is 0 Å². The molecule has 0 fully saturated rings. The summed E-state index contributed by atoms with van der Waals surface area (Å²) in [5.41, 5.74) is 1.42. The van der Waals surface area contributed by atoms with E-state index in [1.165, 1.54) is 23.1 Å². The molecule has 0 aliphatic heterocycles. The molecule has 0 aromatic heterocycles. The number of hydrogen-bond acceptors (Lipinski definition) is 4. The lowest BCUT2D eigenvalue weighted by atomic mass is 10.1. The van der Waals surface area contributed by atoms with Crippen LogP contribution in [-0.2, 0) is 26.2 Å². The Morgan fingerprint density at radius 2 is 1.59 bits per heavy atom. The van der Waals surface area contributed by atoms with Gasteiger partial charge in [0.1, 0.15) is 12.6 Å². The summed E-state index contributed by atoms with van der Waals surface area (Å²) in [7, 11) is -4.19. The van der Waals surface area contributed by atoms with Gasteiger partial charge < -0.3 is 10.2 Å². The summed E-state index contributed by atoms with van der Waals surface area (Å²) < 4.78 is 28.7. The summed E-state index contributed by atoms with van der Waals surface area (Å²) in [6.07, 6.45) is 0.715. The van der Waals surface area contributed by atoms with Gasteiger partial charge in [0.25, 0.3) is 10.0 Å². The van der Waals surface area contributed by atoms with Gasteiger partial charge in [-0.1, -0.05) is 72.1 Å². The quantitative estimate of drug-likeness (QED) is 0.285. The monoisotopic (exact) mass is 609 g/mol. The molecule has 11 heteroatoms. The Kier molecular flexibility index (Phi) is 10.7. The van der Waals surface area contributed by atoms with E-state index in [-0.39, 0.29) is 23.0 Å². The maximum absolute atomic E-state index is 13.9. The first-order chi connectivity index (χ1) is 18.4. The Labute approximate surface area is 244 Å². The Morgan fingerprint density at radius 3 is 2.23 bits per heavy atom. The molecular formula is C28H30Cl3N3O4S. The average Bonchev–Trinajstić information content (AvgIpc) is 2.91. The number of halogens is 3. The van der Waals surface area contributed by atoms with Gasteiger partial charge in [0, 0.05) is 28.2 Å². The molecule has 3 aromatic rings. The van der Waals surface area contributed by atoms with Gasteiger partial charge in [-0.2, -0.15) is 0 Å². The highest BCUT2D eigenvalue weighted by atomic mass is 35.5. The van der Waals surface area contributed by atoms with Crippen molar-refractivity contribution in [3.05, 3.63) is 92.9 Å². The van der Waals surface area contributed by atoms with Gasteiger partial charge in [0.2, 0.25) is 11.8 Å². The third-order valence-electron chi connectivity index (χ3n) is 6.12. The van der Waals surface area contributed by atoms with Gasteiger partial charge in [-0.05, 0) is 67.8 Å². The first-order valence-electron chi connectivity index (χ1n) is 12.3. The second-order valence-corrected chi connectivity index (χ2v) is 12.1. The van der Waals surface area contributed by atoms with Crippen LogP contribution in [0.25, 0.3) is 0 Å². The maximum Gasteiger partial charge on any atom is 0.264 e. The number of sulfonamides is 1. The van der Waals surface area contributed by atoms with Crippen molar-refractivity contribution in [2.24, 2.45) is 0 Å². The average molecular weight is 611 g/mol. The Hall–Kier alpha value is -2.78. The zero-order valence-electron chi connectivity index (χ0n) is 21.8. The van der Waals surface area contributed by atoms with Crippen LogP contribution in [0.2, 0.25) is 15.1 Å². The van der Waals surface area contributed by atoms with Gasteiger partial charge >= 0.3 is 0 Å². The molecule has 0 aliphatic rings. The number of carbonyl (C=O) groups is 2. The molecule has 7 nitrogen and oxygen atoms in total. The summed E-state index contributed by atoms with van der Waals surface area (Å²) in [5, 5.41) is 3.86. The number of rotatable bonds is 11. The zero-order valence-corrected chi connectivity index (χ0v) is 24.9. The van der Waals surface area contributed by atoms with Crippen LogP contribution < -0.4 is 9.62 Å². The summed E-state index contributed by atoms with van der Waals surface area (Å²) in [5.74, 6) is -0.967. The largest absolute Gasteiger partial charge is 0.354 e. The van der Waals surface area contributed by atoms with Crippen LogP contribution in [0.15, 0.2) is 71.6 Å². The predicted molar refractivity (Wildman–Crippen MR) is 157 cm³/mol. The molecule has 3 rings (SSSR count). The second-order valence-electron chi connectivity index (χ2n) is 8.98. The number of aryl methyl sites for hydroxylation is 1. The van der Waals surface area contributed by atoms with E-state index in [0.29, 0.717) is 39.2 Å². The number of anilines is 1. The van der Waals surface area contributed by atoms with Crippen molar-refractivity contribution in [1.82, 2.24) is 10.2 Å². The summed E-state index contributed by atoms with van der Waals surface area (Å²) >= 11 is 18.7. The highest BCUT2D eigenvalue weighted by Gasteiger charge is 2.33. The number of carbonyl (C=O) groups excluding carboxylic acids is 2. The molecule has 3 aromatic carbocycles. The molecule has 1 atom stereocenters. The molecule has 208 valence electrons. The molecule has 0 radical (unpaired) electrons. The molecule has 0 aliphatic carbocycles. The fourth-order valence-corrected chi connectivity index (χ4v) is 6.02. The lowest BCUT2D eigenvalue weighted by molar-refractivity contribution is -0.139. The molecule has 0 saturated heterocycles. The fourth-order valence-electron chi connectivity index (χ4n) is 3.90. The standard InChI is InChI=1S/C28H30Cl3N3O4S/c1-4-14-32-28(36)20(3)33(17-21-11-13-22(29)15-25(21)31)27(35)18-34(26-16-23(30)12-10-19(26)2)39(37,38)24-8-6-5-7-9-24/h5-13,15-16,20H,4,14,17-18H2,1-3H3,(H,32,36)/t20-/m1/s1. The molecule has 0 unspecified atom stereocenters. The summed E-state index contributed by atoms with van der Waals surface area (Å²) in [6.45, 7) is 5.06. The zero-order chi connectivity index (χ0) is 28.7. The Morgan fingerprint density at radius 1 is 0.949 bits per heavy atom. The van der Waals surface area contributed by atoms with Crippen LogP contribution in [-0.4, -0.2) is 44.3 Å². The van der Waals surface area contributed by atoms with Crippen LogP contribution in [0.3, 0.4) is 0 Å². The number of benzene rings is 3. The summed E-state index contributed by atoms with van der Waals surface area (Å²) in [4.78, 5) is 28.2. The lowest BCUT2D eigenvalue weighted by Gasteiger charge is -2.32. The second kappa shape index (κ2) is 13.5. The van der Waals surface area contributed by atoms with Gasteiger partial charge in [-0.3, -0.25) is 13.9 Å². The number of nitrogens with zero attached hydrogens (tertiary/aromatic N) is 2. The van der Waals surface area contributed by atoms with Crippen molar-refractivity contribution in [2.45, 2.75) is 44.7 Å². The van der Waals surface area contributed by atoms with Crippen LogP contribution in [0.1, 0.15) is 31.4 Å². The topological polar surface area (TPSA) is 86.8 Å². The Bertz CT molecular complexity index is 1440. The summed E-state index contributed by atoms with van der Waals surface area (Å²) in [6, 6.07) is 16.6. The van der Waals surface area contributed by atoms with Gasteiger partial charge in [-0.25, -0.2) is 8.42 Å². The van der Waals surface area contributed by atoms with Crippen molar-refractivity contribution >= 4 is 62.3 Å². The SMILES string of the molecule is CCCNC(=O)[C@@H](C)N(Cc1ccc(Cl)cc1Cl)C(=O)CN(c1cc(Cl)ccc1C)S(=O)(=O)c1ccccc1. The number of nitrogens with one attached hydrogen (secondary N) is 1. The number of amides is 2. The minimum absolute atomic E-state index is 0.0122. The third-order valence-corrected chi connectivity index (χ3v) is 8.72. The van der Waals surface area contributed by atoms with Crippen LogP contribution in [0.5, 0.6) is 0 Å². The highest BCUT2D eigenvalue weighted by Crippen LogP contribution is 2.30. The van der Waals surface area contributed by atoms with E-state index in [1.807, 2.05) is 6.92 Å². The van der Waals surface area contributed by atoms with Crippen molar-refractivity contribution in [3.8, 4) is 0 Å². The van der Waals surface area contributed by atoms with Crippen molar-refractivity contribution in [1.29, 1.82) is 0 Å². The van der Waals surface area contributed by atoms with E-state index in [2.05, 4.69) is 5.32 Å². The predicted octanol–water partition coefficient (Wildman–Crippen LogP) is 6.09. The Balaban J connectivity index is 2.07. The van der Waals surface area contributed by atoms with E-state index in [9.17, 15) is 18.0 Å². The highest BCUT2D eigenvalue weighted by molar-refractivity contribution is 7.92. The van der Waals surface area contributed by atoms with Crippen molar-refractivity contribution in [2.75, 3.05) is 17.4 Å². The number of hydrogen-bond donors (Lipinski definition) is 1. The van der Waals surface area contributed by atoms with E-state index in [1.54, 1.807) is 62.4 Å². The molecule has 0 saturated carbocycles. The van der Waals surface area contributed by atoms with Gasteiger partial charge in [0.05, 0.1) is 10.6 Å². The van der Waals surface area contributed by atoms with Gasteiger partial charge in [0.15, 0.2) is 0 Å². The minimum atomic E-state index is -4.19. The first kappa shape index (κ1) is 30.8. The van der Waals surface area contributed by atoms with E-state index in [4.69, 9.17) is 34.8 Å². The molecule has 0 heterocycles. The smallest absolute Gasteiger partial charge is 0.264 e. The van der Waals surface area contributed by atoms with Crippen LogP contribution in [0, 0.1) is 6.92 Å². The molecule has 0 spiro atoms. The van der Waals surface area contributed by atoms with Crippen molar-refractivity contribution in [3.63, 3.8) is 0 Å². The minimum Gasteiger partial charge on any atom is -0.354 e. The lowest BCUT2D eigenvalue weighted by Crippen LogP contribution is -2.51. The first-order valence-corrected chi connectivity index (χ1v) is 14.9. The van der Waals surface area contributed by atoms with E-state index in [0.717, 1.165) is 4.31 Å². The normalized spacial score (nSPS) is 12.1. The van der Waals surface area contributed by atoms with Crippen LogP contribution in [0.4, 0.5) is 5.69 Å². The molecule has 39 heavy (non-hydrogen) atoms. The van der Waals surface area contributed by atoms with Crippen LogP contribution >= 0.6 is 34.8 Å². The van der Waals surface area contributed by atoms with Crippen molar-refractivity contribution < 1.29 is 18.0 Å². The maximum atomic E-state index is 13.9. The van der Waals surface area contributed by atoms with E-state index < -0.39 is 28.5 Å². The third kappa shape index (κ3) is 7.66. The fraction of sp³-hybridized carbons (Fsp3) is 0.286. The molecular weight excluding hydrogens is 581 g/mol. The molecule has 1 N–H and O–H groups in total. The van der Waals surface area contributed by atoms with E-state index >= 15 is 0 Å². The molecule has 0 bridgehead atoms. The molecule has 2 amide bonds.